The minimum atomic E-state index is -3.76. The summed E-state index contributed by atoms with van der Waals surface area (Å²) in [5, 5.41) is 9.92. The molecule has 118 valence electrons. The molecule has 1 atom stereocenters. The van der Waals surface area contributed by atoms with E-state index in [9.17, 15) is 17.9 Å². The Bertz CT molecular complexity index is 732. The molecule has 0 heterocycles. The quantitative estimate of drug-likeness (QED) is 0.855. The Hall–Kier alpha value is -1.76. The van der Waals surface area contributed by atoms with Gasteiger partial charge in [0.05, 0.1) is 11.0 Å². The maximum atomic E-state index is 13.2. The van der Waals surface area contributed by atoms with Crippen LogP contribution in [0.25, 0.3) is 0 Å². The lowest BCUT2D eigenvalue weighted by atomic mass is 10.1. The van der Waals surface area contributed by atoms with Gasteiger partial charge in [-0.3, -0.25) is 0 Å². The van der Waals surface area contributed by atoms with Crippen molar-refractivity contribution in [3.05, 3.63) is 65.5 Å². The third-order valence-corrected chi connectivity index (χ3v) is 4.68. The van der Waals surface area contributed by atoms with Crippen molar-refractivity contribution < 1.29 is 17.9 Å². The van der Waals surface area contributed by atoms with Gasteiger partial charge >= 0.3 is 0 Å². The summed E-state index contributed by atoms with van der Waals surface area (Å²) in [6.07, 6.45) is -0.482. The van der Waals surface area contributed by atoms with Gasteiger partial charge in [-0.15, -0.1) is 0 Å². The van der Waals surface area contributed by atoms with Gasteiger partial charge in [-0.2, -0.15) is 0 Å². The van der Waals surface area contributed by atoms with Crippen molar-refractivity contribution in [1.29, 1.82) is 0 Å². The molecule has 0 aliphatic heterocycles. The first-order chi connectivity index (χ1) is 10.4. The number of halogens is 1. The molecule has 0 saturated carbocycles. The monoisotopic (exact) mass is 323 g/mol. The van der Waals surface area contributed by atoms with E-state index in [4.69, 9.17) is 0 Å². The molecule has 22 heavy (non-hydrogen) atoms. The van der Waals surface area contributed by atoms with Crippen LogP contribution in [0.15, 0.2) is 53.4 Å². The number of aliphatic hydroxyl groups excluding tert-OH is 1. The Morgan fingerprint density at radius 2 is 1.86 bits per heavy atom. The molecule has 0 saturated heterocycles. The molecular weight excluding hydrogens is 305 g/mol. The van der Waals surface area contributed by atoms with Crippen molar-refractivity contribution in [2.45, 2.75) is 24.3 Å². The molecule has 2 N–H and O–H groups in total. The highest BCUT2D eigenvalue weighted by Crippen LogP contribution is 2.14. The van der Waals surface area contributed by atoms with Crippen molar-refractivity contribution in [2.75, 3.05) is 6.54 Å². The zero-order valence-corrected chi connectivity index (χ0v) is 13.0. The number of sulfonamides is 1. The smallest absolute Gasteiger partial charge is 0.240 e. The van der Waals surface area contributed by atoms with Gasteiger partial charge in [0.25, 0.3) is 0 Å². The van der Waals surface area contributed by atoms with Gasteiger partial charge in [-0.05, 0) is 42.7 Å². The lowest BCUT2D eigenvalue weighted by Crippen LogP contribution is -2.33. The molecule has 6 heteroatoms. The summed E-state index contributed by atoms with van der Waals surface area (Å²) >= 11 is 0. The molecule has 0 unspecified atom stereocenters. The molecule has 0 amide bonds. The number of benzene rings is 2. The largest absolute Gasteiger partial charge is 0.391 e. The molecule has 0 aliphatic rings. The number of rotatable bonds is 6. The fraction of sp³-hybridized carbons (Fsp3) is 0.250. The van der Waals surface area contributed by atoms with Gasteiger partial charge in [-0.1, -0.05) is 30.3 Å². The predicted molar refractivity (Wildman–Crippen MR) is 82.5 cm³/mol. The van der Waals surface area contributed by atoms with Crippen LogP contribution in [0, 0.1) is 12.7 Å². The molecule has 2 rings (SSSR count). The third-order valence-electron chi connectivity index (χ3n) is 3.26. The second-order valence-corrected chi connectivity index (χ2v) is 6.87. The lowest BCUT2D eigenvalue weighted by molar-refractivity contribution is 0.179. The van der Waals surface area contributed by atoms with Crippen molar-refractivity contribution >= 4 is 10.0 Å². The van der Waals surface area contributed by atoms with Crippen LogP contribution in [0.3, 0.4) is 0 Å². The molecule has 0 bridgehead atoms. The average Bonchev–Trinajstić information content (AvgIpc) is 2.49. The SMILES string of the molecule is Cc1cc(S(=O)(=O)NC[C@@H](O)Cc2ccccc2)ccc1F. The van der Waals surface area contributed by atoms with Crippen LogP contribution in [0.5, 0.6) is 0 Å². The van der Waals surface area contributed by atoms with Gasteiger partial charge in [0.1, 0.15) is 5.82 Å². The highest BCUT2D eigenvalue weighted by molar-refractivity contribution is 7.89. The molecule has 0 radical (unpaired) electrons. The van der Waals surface area contributed by atoms with Crippen molar-refractivity contribution in [2.24, 2.45) is 0 Å². The fourth-order valence-corrected chi connectivity index (χ4v) is 3.19. The number of aryl methyl sites for hydroxylation is 1. The Balaban J connectivity index is 1.98. The summed E-state index contributed by atoms with van der Waals surface area (Å²) in [6.45, 7) is 1.40. The molecule has 0 spiro atoms. The maximum absolute atomic E-state index is 13.2. The van der Waals surface area contributed by atoms with E-state index in [0.717, 1.165) is 11.6 Å². The van der Waals surface area contributed by atoms with Crippen LogP contribution < -0.4 is 4.72 Å². The highest BCUT2D eigenvalue weighted by atomic mass is 32.2. The van der Waals surface area contributed by atoms with Crippen LogP contribution in [-0.2, 0) is 16.4 Å². The van der Waals surface area contributed by atoms with Gasteiger partial charge < -0.3 is 5.11 Å². The van der Waals surface area contributed by atoms with Crippen molar-refractivity contribution in [1.82, 2.24) is 4.72 Å². The van der Waals surface area contributed by atoms with Crippen LogP contribution in [0.4, 0.5) is 4.39 Å². The number of hydrogen-bond acceptors (Lipinski definition) is 3. The van der Waals surface area contributed by atoms with Crippen LogP contribution in [0.2, 0.25) is 0 Å². The van der Waals surface area contributed by atoms with Crippen molar-refractivity contribution in [3.8, 4) is 0 Å². The summed E-state index contributed by atoms with van der Waals surface area (Å²) in [4.78, 5) is -0.0155. The number of aliphatic hydroxyl groups is 1. The molecule has 4 nitrogen and oxygen atoms in total. The zero-order chi connectivity index (χ0) is 16.2. The Kier molecular flexibility index (Phi) is 5.28. The first kappa shape index (κ1) is 16.6. The van der Waals surface area contributed by atoms with E-state index in [1.807, 2.05) is 30.3 Å². The van der Waals surface area contributed by atoms with Gasteiger partial charge in [-0.25, -0.2) is 17.5 Å². The van der Waals surface area contributed by atoms with Crippen LogP contribution in [-0.4, -0.2) is 26.2 Å². The third kappa shape index (κ3) is 4.37. The normalized spacial score (nSPS) is 13.0. The van der Waals surface area contributed by atoms with E-state index >= 15 is 0 Å². The summed E-state index contributed by atoms with van der Waals surface area (Å²) in [6, 6.07) is 12.9. The second-order valence-electron chi connectivity index (χ2n) is 5.11. The number of nitrogens with one attached hydrogen (secondary N) is 1. The highest BCUT2D eigenvalue weighted by Gasteiger charge is 2.17. The van der Waals surface area contributed by atoms with Gasteiger partial charge in [0, 0.05) is 6.54 Å². The van der Waals surface area contributed by atoms with E-state index in [1.54, 1.807) is 0 Å². The van der Waals surface area contributed by atoms with Crippen LogP contribution in [0.1, 0.15) is 11.1 Å². The van der Waals surface area contributed by atoms with E-state index < -0.39 is 21.9 Å². The standard InChI is InChI=1S/C16H18FNO3S/c1-12-9-15(7-8-16(12)17)22(20,21)18-11-14(19)10-13-5-3-2-4-6-13/h2-9,14,18-19H,10-11H2,1H3/t14-/m0/s1. The second kappa shape index (κ2) is 7.00. The molecule has 0 fully saturated rings. The Morgan fingerprint density at radius 3 is 2.50 bits per heavy atom. The fourth-order valence-electron chi connectivity index (χ4n) is 2.03. The lowest BCUT2D eigenvalue weighted by Gasteiger charge is -2.13. The van der Waals surface area contributed by atoms with E-state index in [0.29, 0.717) is 6.42 Å². The average molecular weight is 323 g/mol. The van der Waals surface area contributed by atoms with E-state index in [-0.39, 0.29) is 17.0 Å². The summed E-state index contributed by atoms with van der Waals surface area (Å²) in [7, 11) is -3.76. The zero-order valence-electron chi connectivity index (χ0n) is 12.2. The molecule has 2 aromatic carbocycles. The predicted octanol–water partition coefficient (Wildman–Crippen LogP) is 2.02. The topological polar surface area (TPSA) is 66.4 Å². The van der Waals surface area contributed by atoms with E-state index in [2.05, 4.69) is 4.72 Å². The minimum absolute atomic E-state index is 0.0155. The molecular formula is C16H18FNO3S. The first-order valence-electron chi connectivity index (χ1n) is 6.86. The van der Waals surface area contributed by atoms with Crippen LogP contribution >= 0.6 is 0 Å². The van der Waals surface area contributed by atoms with Crippen molar-refractivity contribution in [3.63, 3.8) is 0 Å². The van der Waals surface area contributed by atoms with Gasteiger partial charge in [0.15, 0.2) is 0 Å². The summed E-state index contributed by atoms with van der Waals surface area (Å²) in [5.74, 6) is -0.455. The Labute approximate surface area is 129 Å². The minimum Gasteiger partial charge on any atom is -0.391 e. The molecule has 0 aliphatic carbocycles. The Morgan fingerprint density at radius 1 is 1.18 bits per heavy atom. The molecule has 0 aromatic heterocycles. The molecule has 2 aromatic rings. The number of hydrogen-bond donors (Lipinski definition) is 2. The van der Waals surface area contributed by atoms with Gasteiger partial charge in [0.2, 0.25) is 10.0 Å². The maximum Gasteiger partial charge on any atom is 0.240 e. The van der Waals surface area contributed by atoms with E-state index in [1.165, 1.54) is 19.1 Å². The summed E-state index contributed by atoms with van der Waals surface area (Å²) < 4.78 is 39.7. The summed E-state index contributed by atoms with van der Waals surface area (Å²) in [5.41, 5.74) is 1.18. The first-order valence-corrected chi connectivity index (χ1v) is 8.34.